The van der Waals surface area contributed by atoms with Gasteiger partial charge in [0.05, 0.1) is 5.69 Å². The summed E-state index contributed by atoms with van der Waals surface area (Å²) in [5.74, 6) is 0.621. The summed E-state index contributed by atoms with van der Waals surface area (Å²) >= 11 is 0. The molecule has 4 rings (SSSR count). The Morgan fingerprint density at radius 3 is 2.62 bits per heavy atom. The number of carbonyl (C=O) groups is 1. The Kier molecular flexibility index (Phi) is 6.54. The number of hydrogen-bond donors (Lipinski definition) is 1. The SMILES string of the molecule is Cc1ccc(-c2cc(C(=O)NC(C)C)cc(N3CCCC(c4ccccc4)C3)n2)c(F)c1. The molecule has 166 valence electrons. The zero-order chi connectivity index (χ0) is 22.7. The number of anilines is 1. The van der Waals surface area contributed by atoms with Crippen LogP contribution in [-0.2, 0) is 0 Å². The maximum atomic E-state index is 14.8. The molecule has 0 bridgehead atoms. The number of aryl methyl sites for hydroxylation is 1. The normalized spacial score (nSPS) is 16.3. The van der Waals surface area contributed by atoms with E-state index in [2.05, 4.69) is 34.5 Å². The van der Waals surface area contributed by atoms with Gasteiger partial charge in [0.1, 0.15) is 11.6 Å². The molecule has 2 aromatic carbocycles. The quantitative estimate of drug-likeness (QED) is 0.562. The van der Waals surface area contributed by atoms with Crippen LogP contribution in [0.1, 0.15) is 54.1 Å². The Hall–Kier alpha value is -3.21. The zero-order valence-corrected chi connectivity index (χ0v) is 18.9. The van der Waals surface area contributed by atoms with Crippen LogP contribution in [0.5, 0.6) is 0 Å². The third-order valence-electron chi connectivity index (χ3n) is 5.91. The lowest BCUT2D eigenvalue weighted by Gasteiger charge is -2.34. The van der Waals surface area contributed by atoms with Crippen LogP contribution in [-0.4, -0.2) is 30.0 Å². The van der Waals surface area contributed by atoms with Gasteiger partial charge in [-0.05, 0) is 69.0 Å². The van der Waals surface area contributed by atoms with E-state index in [-0.39, 0.29) is 17.8 Å². The molecule has 1 aromatic heterocycles. The fourth-order valence-electron chi connectivity index (χ4n) is 4.30. The van der Waals surface area contributed by atoms with E-state index < -0.39 is 0 Å². The standard InChI is InChI=1S/C27H30FN3O/c1-18(2)29-27(32)22-15-25(23-12-11-19(3)14-24(23)28)30-26(16-22)31-13-7-10-21(17-31)20-8-5-4-6-9-20/h4-6,8-9,11-12,14-16,18,21H,7,10,13,17H2,1-3H3,(H,29,32). The lowest BCUT2D eigenvalue weighted by atomic mass is 9.90. The third-order valence-corrected chi connectivity index (χ3v) is 5.91. The third kappa shape index (κ3) is 4.98. The molecule has 1 N–H and O–H groups in total. The molecule has 1 unspecified atom stereocenters. The molecule has 5 heteroatoms. The fraction of sp³-hybridized carbons (Fsp3) is 0.333. The minimum atomic E-state index is -0.328. The molecule has 1 amide bonds. The molecule has 4 nitrogen and oxygen atoms in total. The average Bonchev–Trinajstić information content (AvgIpc) is 2.79. The second-order valence-corrected chi connectivity index (χ2v) is 8.91. The molecule has 0 aliphatic carbocycles. The van der Waals surface area contributed by atoms with Crippen molar-refractivity contribution in [2.75, 3.05) is 18.0 Å². The van der Waals surface area contributed by atoms with Crippen LogP contribution in [0.15, 0.2) is 60.7 Å². The van der Waals surface area contributed by atoms with Crippen molar-refractivity contribution in [1.82, 2.24) is 10.3 Å². The first-order valence-electron chi connectivity index (χ1n) is 11.3. The first-order valence-corrected chi connectivity index (χ1v) is 11.3. The van der Waals surface area contributed by atoms with Crippen LogP contribution in [0, 0.1) is 12.7 Å². The molecule has 3 aromatic rings. The Bertz CT molecular complexity index is 1100. The Morgan fingerprint density at radius 2 is 1.91 bits per heavy atom. The predicted octanol–water partition coefficient (Wildman–Crippen LogP) is 5.72. The van der Waals surface area contributed by atoms with E-state index in [1.165, 1.54) is 11.6 Å². The number of benzene rings is 2. The summed E-state index contributed by atoms with van der Waals surface area (Å²) in [6.07, 6.45) is 2.16. The van der Waals surface area contributed by atoms with E-state index in [1.807, 2.05) is 39.0 Å². The zero-order valence-electron chi connectivity index (χ0n) is 18.9. The van der Waals surface area contributed by atoms with E-state index in [1.54, 1.807) is 12.1 Å². The number of rotatable bonds is 5. The average molecular weight is 432 g/mol. The van der Waals surface area contributed by atoms with Crippen LogP contribution in [0.4, 0.5) is 10.2 Å². The lowest BCUT2D eigenvalue weighted by Crippen LogP contribution is -2.35. The predicted molar refractivity (Wildman–Crippen MR) is 128 cm³/mol. The van der Waals surface area contributed by atoms with Gasteiger partial charge in [-0.15, -0.1) is 0 Å². The summed E-state index contributed by atoms with van der Waals surface area (Å²) in [5.41, 5.74) is 3.56. The topological polar surface area (TPSA) is 45.2 Å². The number of nitrogens with one attached hydrogen (secondary N) is 1. The summed E-state index contributed by atoms with van der Waals surface area (Å²) in [6, 6.07) is 19.2. The van der Waals surface area contributed by atoms with E-state index >= 15 is 0 Å². The van der Waals surface area contributed by atoms with Crippen molar-refractivity contribution in [1.29, 1.82) is 0 Å². The molecule has 1 saturated heterocycles. The maximum absolute atomic E-state index is 14.8. The molecular formula is C27H30FN3O. The highest BCUT2D eigenvalue weighted by atomic mass is 19.1. The summed E-state index contributed by atoms with van der Waals surface area (Å²) in [7, 11) is 0. The van der Waals surface area contributed by atoms with Crippen molar-refractivity contribution in [3.05, 3.63) is 83.2 Å². The molecule has 2 heterocycles. The van der Waals surface area contributed by atoms with Gasteiger partial charge in [-0.3, -0.25) is 4.79 Å². The van der Waals surface area contributed by atoms with Crippen molar-refractivity contribution in [3.8, 4) is 11.3 Å². The van der Waals surface area contributed by atoms with E-state index in [0.29, 0.717) is 22.7 Å². The number of aromatic nitrogens is 1. The molecule has 1 fully saturated rings. The van der Waals surface area contributed by atoms with Gasteiger partial charge in [0, 0.05) is 36.2 Å². The molecule has 0 radical (unpaired) electrons. The van der Waals surface area contributed by atoms with Crippen molar-refractivity contribution in [3.63, 3.8) is 0 Å². The Labute approximate surface area is 189 Å². The molecule has 0 spiro atoms. The van der Waals surface area contributed by atoms with Crippen LogP contribution in [0.2, 0.25) is 0 Å². The second-order valence-electron chi connectivity index (χ2n) is 8.91. The van der Waals surface area contributed by atoms with Crippen LogP contribution in [0.25, 0.3) is 11.3 Å². The molecule has 0 saturated carbocycles. The number of piperidine rings is 1. The number of amides is 1. The highest BCUT2D eigenvalue weighted by Crippen LogP contribution is 2.32. The van der Waals surface area contributed by atoms with Gasteiger partial charge in [0.25, 0.3) is 5.91 Å². The van der Waals surface area contributed by atoms with Gasteiger partial charge >= 0.3 is 0 Å². The highest BCUT2D eigenvalue weighted by Gasteiger charge is 2.24. The van der Waals surface area contributed by atoms with Crippen molar-refractivity contribution >= 4 is 11.7 Å². The van der Waals surface area contributed by atoms with Gasteiger partial charge in [0.2, 0.25) is 0 Å². The van der Waals surface area contributed by atoms with Crippen LogP contribution in [0.3, 0.4) is 0 Å². The molecule has 1 aliphatic rings. The number of hydrogen-bond acceptors (Lipinski definition) is 3. The number of nitrogens with zero attached hydrogens (tertiary/aromatic N) is 2. The lowest BCUT2D eigenvalue weighted by molar-refractivity contribution is 0.0943. The Morgan fingerprint density at radius 1 is 1.12 bits per heavy atom. The smallest absolute Gasteiger partial charge is 0.251 e. The highest BCUT2D eigenvalue weighted by molar-refractivity contribution is 5.96. The number of pyridine rings is 1. The van der Waals surface area contributed by atoms with Gasteiger partial charge in [0.15, 0.2) is 0 Å². The van der Waals surface area contributed by atoms with Gasteiger partial charge < -0.3 is 10.2 Å². The summed E-state index contributed by atoms with van der Waals surface area (Å²) in [5, 5.41) is 2.95. The van der Waals surface area contributed by atoms with Crippen LogP contribution < -0.4 is 10.2 Å². The maximum Gasteiger partial charge on any atom is 0.251 e. The fourth-order valence-corrected chi connectivity index (χ4v) is 4.30. The van der Waals surface area contributed by atoms with E-state index in [0.717, 1.165) is 37.3 Å². The summed E-state index contributed by atoms with van der Waals surface area (Å²) in [4.78, 5) is 19.9. The van der Waals surface area contributed by atoms with E-state index in [9.17, 15) is 9.18 Å². The molecular weight excluding hydrogens is 401 g/mol. The summed E-state index contributed by atoms with van der Waals surface area (Å²) in [6.45, 7) is 7.39. The minimum absolute atomic E-state index is 0.0103. The summed E-state index contributed by atoms with van der Waals surface area (Å²) < 4.78 is 14.8. The minimum Gasteiger partial charge on any atom is -0.356 e. The first-order chi connectivity index (χ1) is 15.4. The number of halogens is 1. The molecule has 32 heavy (non-hydrogen) atoms. The van der Waals surface area contributed by atoms with Gasteiger partial charge in [-0.1, -0.05) is 36.4 Å². The largest absolute Gasteiger partial charge is 0.356 e. The molecule has 1 aliphatic heterocycles. The van der Waals surface area contributed by atoms with E-state index in [4.69, 9.17) is 4.98 Å². The van der Waals surface area contributed by atoms with Crippen molar-refractivity contribution in [2.24, 2.45) is 0 Å². The Balaban J connectivity index is 1.72. The van der Waals surface area contributed by atoms with Gasteiger partial charge in [-0.25, -0.2) is 9.37 Å². The van der Waals surface area contributed by atoms with Gasteiger partial charge in [-0.2, -0.15) is 0 Å². The number of carbonyl (C=O) groups excluding carboxylic acids is 1. The molecule has 1 atom stereocenters. The second kappa shape index (κ2) is 9.51. The van der Waals surface area contributed by atoms with Crippen molar-refractivity contribution in [2.45, 2.75) is 45.6 Å². The van der Waals surface area contributed by atoms with Crippen molar-refractivity contribution < 1.29 is 9.18 Å². The monoisotopic (exact) mass is 431 g/mol. The first kappa shape index (κ1) is 22.0. The van der Waals surface area contributed by atoms with Crippen LogP contribution >= 0.6 is 0 Å².